The van der Waals surface area contributed by atoms with Crippen LogP contribution in [0.1, 0.15) is 22.2 Å². The summed E-state index contributed by atoms with van der Waals surface area (Å²) >= 11 is 6.69. The summed E-state index contributed by atoms with van der Waals surface area (Å²) in [5.74, 6) is -0.709. The van der Waals surface area contributed by atoms with Gasteiger partial charge >= 0.3 is 0 Å². The number of Topliss-reactive ketones (excluding diaryl/α,β-unsaturated/α-hetero) is 1. The number of aryl methyl sites for hydroxylation is 1. The third-order valence-corrected chi connectivity index (χ3v) is 5.06. The molecule has 1 N–H and O–H groups in total. The fourth-order valence-electron chi connectivity index (χ4n) is 2.28. The molecule has 118 valence electrons. The smallest absolute Gasteiger partial charge is 0.263 e. The van der Waals surface area contributed by atoms with Gasteiger partial charge in [0.25, 0.3) is 5.56 Å². The van der Waals surface area contributed by atoms with E-state index in [1.165, 1.54) is 40.2 Å². The van der Waals surface area contributed by atoms with Crippen LogP contribution in [0.2, 0.25) is 0 Å². The molecular formula is C16H13FN2O2S2. The molecule has 0 atom stereocenters. The topological polar surface area (TPSA) is 54.9 Å². The van der Waals surface area contributed by atoms with Crippen molar-refractivity contribution in [1.82, 2.24) is 9.55 Å². The van der Waals surface area contributed by atoms with E-state index in [2.05, 4.69) is 4.98 Å². The van der Waals surface area contributed by atoms with E-state index in [0.29, 0.717) is 10.9 Å². The Kier molecular flexibility index (Phi) is 4.23. The molecule has 0 radical (unpaired) electrons. The molecule has 0 unspecified atom stereocenters. The number of rotatable bonds is 4. The Bertz CT molecular complexity index is 1000. The van der Waals surface area contributed by atoms with Crippen LogP contribution < -0.4 is 5.56 Å². The Morgan fingerprint density at radius 1 is 1.35 bits per heavy atom. The van der Waals surface area contributed by atoms with Crippen molar-refractivity contribution < 1.29 is 9.18 Å². The van der Waals surface area contributed by atoms with Crippen LogP contribution in [0.25, 0.3) is 10.2 Å². The van der Waals surface area contributed by atoms with Gasteiger partial charge < -0.3 is 4.98 Å². The second-order valence-corrected chi connectivity index (χ2v) is 6.58. The van der Waals surface area contributed by atoms with E-state index in [-0.39, 0.29) is 22.7 Å². The number of benzene rings is 1. The van der Waals surface area contributed by atoms with Gasteiger partial charge in [-0.2, -0.15) is 0 Å². The molecule has 2 heterocycles. The number of hydrogen-bond donors (Lipinski definition) is 1. The number of thiophene rings is 1. The summed E-state index contributed by atoms with van der Waals surface area (Å²) in [5, 5.41) is 0.535. The largest absolute Gasteiger partial charge is 0.323 e. The van der Waals surface area contributed by atoms with Crippen molar-refractivity contribution in [3.8, 4) is 0 Å². The minimum Gasteiger partial charge on any atom is -0.323 e. The highest BCUT2D eigenvalue weighted by atomic mass is 32.1. The first-order chi connectivity index (χ1) is 11.0. The van der Waals surface area contributed by atoms with Crippen molar-refractivity contribution in [2.45, 2.75) is 19.9 Å². The Labute approximate surface area is 140 Å². The van der Waals surface area contributed by atoms with E-state index in [9.17, 15) is 14.0 Å². The Morgan fingerprint density at radius 2 is 2.04 bits per heavy atom. The fraction of sp³-hybridized carbons (Fsp3) is 0.188. The zero-order valence-electron chi connectivity index (χ0n) is 12.3. The van der Waals surface area contributed by atoms with Crippen molar-refractivity contribution >= 4 is 39.6 Å². The number of carbonyl (C=O) groups is 1. The predicted octanol–water partition coefficient (Wildman–Crippen LogP) is 3.70. The highest BCUT2D eigenvalue weighted by molar-refractivity contribution is 7.71. The van der Waals surface area contributed by atoms with E-state index < -0.39 is 5.82 Å². The Hall–Kier alpha value is -2.12. The molecule has 3 rings (SSSR count). The summed E-state index contributed by atoms with van der Waals surface area (Å²) in [6, 6.07) is 7.05. The van der Waals surface area contributed by atoms with Crippen LogP contribution in [0.15, 0.2) is 35.1 Å². The zero-order chi connectivity index (χ0) is 16.6. The second kappa shape index (κ2) is 6.17. The summed E-state index contributed by atoms with van der Waals surface area (Å²) in [4.78, 5) is 29.7. The van der Waals surface area contributed by atoms with Gasteiger partial charge in [-0.15, -0.1) is 11.3 Å². The van der Waals surface area contributed by atoms with Crippen molar-refractivity contribution in [2.75, 3.05) is 0 Å². The highest BCUT2D eigenvalue weighted by Gasteiger charge is 2.13. The summed E-state index contributed by atoms with van der Waals surface area (Å²) in [6.07, 6.45) is 0.827. The number of aromatic nitrogens is 2. The van der Waals surface area contributed by atoms with Crippen molar-refractivity contribution in [2.24, 2.45) is 0 Å². The van der Waals surface area contributed by atoms with Crippen molar-refractivity contribution in [1.29, 1.82) is 0 Å². The van der Waals surface area contributed by atoms with Crippen LogP contribution in [0, 0.1) is 10.6 Å². The maximum Gasteiger partial charge on any atom is 0.263 e. The maximum absolute atomic E-state index is 12.9. The van der Waals surface area contributed by atoms with Crippen LogP contribution in [0.5, 0.6) is 0 Å². The van der Waals surface area contributed by atoms with Crippen LogP contribution in [0.3, 0.4) is 0 Å². The number of H-pyrrole nitrogens is 1. The standard InChI is InChI=1S/C16H13FN2O2S2/c1-2-11-7-12-14(23-11)18-16(22)19(15(12)21)8-13(20)9-3-5-10(17)6-4-9/h3-7H,2,8H2,1H3,(H,18,22). The number of ketones is 1. The number of aromatic amines is 1. The molecule has 0 saturated carbocycles. The van der Waals surface area contributed by atoms with Crippen LogP contribution in [0.4, 0.5) is 4.39 Å². The predicted molar refractivity (Wildman–Crippen MR) is 91.4 cm³/mol. The molecular weight excluding hydrogens is 335 g/mol. The summed E-state index contributed by atoms with van der Waals surface area (Å²) in [5.41, 5.74) is 0.0579. The first kappa shape index (κ1) is 15.8. The molecule has 7 heteroatoms. The van der Waals surface area contributed by atoms with Gasteiger partial charge in [-0.25, -0.2) is 4.39 Å². The summed E-state index contributed by atoms with van der Waals surface area (Å²) in [6.45, 7) is 1.84. The van der Waals surface area contributed by atoms with E-state index in [0.717, 1.165) is 16.1 Å². The van der Waals surface area contributed by atoms with Gasteiger partial charge in [0.1, 0.15) is 10.6 Å². The van der Waals surface area contributed by atoms with Crippen LogP contribution in [-0.2, 0) is 13.0 Å². The second-order valence-electron chi connectivity index (χ2n) is 5.06. The SMILES string of the molecule is CCc1cc2c(=O)n(CC(=O)c3ccc(F)cc3)c(=S)[nH]c2s1. The van der Waals surface area contributed by atoms with Crippen molar-refractivity contribution in [3.05, 3.63) is 61.7 Å². The number of hydrogen-bond acceptors (Lipinski definition) is 4. The zero-order valence-corrected chi connectivity index (χ0v) is 13.9. The van der Waals surface area contributed by atoms with Gasteiger partial charge in [0.05, 0.1) is 11.9 Å². The van der Waals surface area contributed by atoms with E-state index in [1.807, 2.05) is 13.0 Å². The molecule has 3 aromatic rings. The lowest BCUT2D eigenvalue weighted by atomic mass is 10.1. The lowest BCUT2D eigenvalue weighted by Crippen LogP contribution is -2.25. The lowest BCUT2D eigenvalue weighted by molar-refractivity contribution is 0.0970. The van der Waals surface area contributed by atoms with Crippen molar-refractivity contribution in [3.63, 3.8) is 0 Å². The van der Waals surface area contributed by atoms with Gasteiger partial charge in [0.15, 0.2) is 10.6 Å². The fourth-order valence-corrected chi connectivity index (χ4v) is 3.59. The minimum absolute atomic E-state index is 0.174. The molecule has 2 aromatic heterocycles. The summed E-state index contributed by atoms with van der Waals surface area (Å²) in [7, 11) is 0. The lowest BCUT2D eigenvalue weighted by Gasteiger charge is -2.06. The molecule has 0 amide bonds. The number of fused-ring (bicyclic) bond motifs is 1. The molecule has 23 heavy (non-hydrogen) atoms. The molecule has 0 fully saturated rings. The molecule has 1 aromatic carbocycles. The normalized spacial score (nSPS) is 11.0. The third kappa shape index (κ3) is 3.02. The number of nitrogens with one attached hydrogen (secondary N) is 1. The number of nitrogens with zero attached hydrogens (tertiary/aromatic N) is 1. The molecule has 0 aliphatic rings. The summed E-state index contributed by atoms with van der Waals surface area (Å²) < 4.78 is 14.4. The van der Waals surface area contributed by atoms with Gasteiger partial charge in [0.2, 0.25) is 0 Å². The third-order valence-electron chi connectivity index (χ3n) is 3.54. The first-order valence-corrected chi connectivity index (χ1v) is 8.26. The molecule has 0 bridgehead atoms. The quantitative estimate of drug-likeness (QED) is 0.578. The minimum atomic E-state index is -0.414. The molecule has 0 aliphatic carbocycles. The molecule has 0 aliphatic heterocycles. The van der Waals surface area contributed by atoms with Crippen LogP contribution in [-0.4, -0.2) is 15.3 Å². The first-order valence-electron chi connectivity index (χ1n) is 7.04. The van der Waals surface area contributed by atoms with Gasteiger partial charge in [-0.05, 0) is 49.0 Å². The number of halogens is 1. The molecule has 0 spiro atoms. The van der Waals surface area contributed by atoms with Gasteiger partial charge in [0, 0.05) is 10.4 Å². The highest BCUT2D eigenvalue weighted by Crippen LogP contribution is 2.21. The van der Waals surface area contributed by atoms with E-state index in [4.69, 9.17) is 12.2 Å². The van der Waals surface area contributed by atoms with Gasteiger partial charge in [-0.3, -0.25) is 14.2 Å². The molecule has 4 nitrogen and oxygen atoms in total. The van der Waals surface area contributed by atoms with Crippen LogP contribution >= 0.6 is 23.6 Å². The molecule has 0 saturated heterocycles. The Morgan fingerprint density at radius 3 is 2.70 bits per heavy atom. The van der Waals surface area contributed by atoms with E-state index in [1.54, 1.807) is 0 Å². The Balaban J connectivity index is 2.02. The average molecular weight is 348 g/mol. The van der Waals surface area contributed by atoms with Gasteiger partial charge in [-0.1, -0.05) is 6.92 Å². The monoisotopic (exact) mass is 348 g/mol. The average Bonchev–Trinajstić information content (AvgIpc) is 2.95. The maximum atomic E-state index is 12.9. The number of carbonyl (C=O) groups excluding carboxylic acids is 1. The van der Waals surface area contributed by atoms with E-state index >= 15 is 0 Å².